The van der Waals surface area contributed by atoms with Crippen LogP contribution >= 0.6 is 0 Å². The Morgan fingerprint density at radius 3 is 2.36 bits per heavy atom. The highest BCUT2D eigenvalue weighted by Crippen LogP contribution is 2.36. The molecule has 0 spiro atoms. The largest absolute Gasteiger partial charge is 0.504 e. The molecule has 2 heterocycles. The Bertz CT molecular complexity index is 1140. The summed E-state index contributed by atoms with van der Waals surface area (Å²) >= 11 is 0. The summed E-state index contributed by atoms with van der Waals surface area (Å²) in [7, 11) is 0. The lowest BCUT2D eigenvalue weighted by atomic mass is 10.0. The molecular formula is C23H23N3O2. The molecule has 2 aromatic carbocycles. The van der Waals surface area contributed by atoms with Crippen molar-refractivity contribution in [1.82, 2.24) is 9.38 Å². The molecule has 3 N–H and O–H groups in total. The molecule has 0 aliphatic rings. The van der Waals surface area contributed by atoms with Gasteiger partial charge in [0.2, 0.25) is 0 Å². The third-order valence-corrected chi connectivity index (χ3v) is 4.93. The van der Waals surface area contributed by atoms with Crippen LogP contribution in [0.25, 0.3) is 16.9 Å². The van der Waals surface area contributed by atoms with Crippen LogP contribution in [0.5, 0.6) is 11.5 Å². The van der Waals surface area contributed by atoms with Gasteiger partial charge < -0.3 is 15.5 Å². The summed E-state index contributed by atoms with van der Waals surface area (Å²) in [6.45, 7) is 6.37. The first-order chi connectivity index (χ1) is 13.4. The topological polar surface area (TPSA) is 69.8 Å². The number of rotatable bonds is 4. The summed E-state index contributed by atoms with van der Waals surface area (Å²) in [6.07, 6.45) is 0. The van der Waals surface area contributed by atoms with E-state index in [0.717, 1.165) is 28.4 Å². The Morgan fingerprint density at radius 1 is 0.929 bits per heavy atom. The smallest absolute Gasteiger partial charge is 0.158 e. The lowest BCUT2D eigenvalue weighted by Crippen LogP contribution is -2.00. The summed E-state index contributed by atoms with van der Waals surface area (Å²) in [5.41, 5.74) is 5.52. The zero-order chi connectivity index (χ0) is 19.8. The molecular weight excluding hydrogens is 350 g/mol. The van der Waals surface area contributed by atoms with E-state index in [4.69, 9.17) is 4.98 Å². The summed E-state index contributed by atoms with van der Waals surface area (Å²) in [5.74, 6) is 0.971. The van der Waals surface area contributed by atoms with Gasteiger partial charge in [0.15, 0.2) is 11.5 Å². The van der Waals surface area contributed by atoms with Crippen LogP contribution in [-0.4, -0.2) is 19.6 Å². The fourth-order valence-corrected chi connectivity index (χ4v) is 3.33. The fraction of sp³-hybridized carbons (Fsp3) is 0.174. The highest BCUT2D eigenvalue weighted by atomic mass is 16.3. The van der Waals surface area contributed by atoms with Gasteiger partial charge in [0, 0.05) is 16.9 Å². The van der Waals surface area contributed by atoms with Gasteiger partial charge in [0.05, 0.1) is 0 Å². The molecule has 0 bridgehead atoms. The van der Waals surface area contributed by atoms with Crippen LogP contribution in [0, 0.1) is 6.92 Å². The molecule has 0 saturated carbocycles. The van der Waals surface area contributed by atoms with Gasteiger partial charge in [-0.15, -0.1) is 0 Å². The maximum Gasteiger partial charge on any atom is 0.158 e. The van der Waals surface area contributed by atoms with Gasteiger partial charge in [0.1, 0.15) is 17.2 Å². The van der Waals surface area contributed by atoms with E-state index < -0.39 is 0 Å². The van der Waals surface area contributed by atoms with Gasteiger partial charge in [-0.25, -0.2) is 4.98 Å². The molecule has 2 aromatic heterocycles. The van der Waals surface area contributed by atoms with E-state index in [0.29, 0.717) is 11.6 Å². The van der Waals surface area contributed by atoms with Crippen molar-refractivity contribution in [1.29, 1.82) is 0 Å². The van der Waals surface area contributed by atoms with Crippen LogP contribution < -0.4 is 5.32 Å². The van der Waals surface area contributed by atoms with Crippen LogP contribution in [0.15, 0.2) is 60.7 Å². The minimum atomic E-state index is -0.168. The second-order valence-electron chi connectivity index (χ2n) is 7.27. The monoisotopic (exact) mass is 373 g/mol. The van der Waals surface area contributed by atoms with E-state index in [1.165, 1.54) is 17.7 Å². The first-order valence-electron chi connectivity index (χ1n) is 9.31. The second-order valence-corrected chi connectivity index (χ2v) is 7.27. The molecule has 0 atom stereocenters. The Morgan fingerprint density at radius 2 is 1.68 bits per heavy atom. The first-order valence-corrected chi connectivity index (χ1v) is 9.31. The van der Waals surface area contributed by atoms with Gasteiger partial charge in [-0.1, -0.05) is 32.0 Å². The van der Waals surface area contributed by atoms with E-state index in [9.17, 15) is 10.2 Å². The Kier molecular flexibility index (Phi) is 4.43. The summed E-state index contributed by atoms with van der Waals surface area (Å²) in [5, 5.41) is 23.1. The standard InChI is InChI=1S/C23H23N3O2/c1-14(2)16-7-10-18(11-8-16)24-23-22(17-9-12-19(27)20(28)13-17)25-21-6-4-5-15(3)26(21)23/h4-14,24,27-28H,1-3H3. The molecule has 0 radical (unpaired) electrons. The molecule has 28 heavy (non-hydrogen) atoms. The lowest BCUT2D eigenvalue weighted by Gasteiger charge is -2.12. The van der Waals surface area contributed by atoms with Crippen molar-refractivity contribution in [3.05, 3.63) is 71.9 Å². The van der Waals surface area contributed by atoms with Crippen molar-refractivity contribution in [2.75, 3.05) is 5.32 Å². The number of aromatic nitrogens is 2. The minimum absolute atomic E-state index is 0.150. The van der Waals surface area contributed by atoms with Gasteiger partial charge in [-0.3, -0.25) is 4.40 Å². The molecule has 0 fully saturated rings. The first kappa shape index (κ1) is 17.9. The number of phenolic OH excluding ortho intramolecular Hbond substituents is 2. The van der Waals surface area contributed by atoms with Gasteiger partial charge in [-0.2, -0.15) is 0 Å². The quantitative estimate of drug-likeness (QED) is 0.408. The molecule has 4 aromatic rings. The van der Waals surface area contributed by atoms with Crippen LogP contribution in [0.4, 0.5) is 11.5 Å². The summed E-state index contributed by atoms with van der Waals surface area (Å²) in [4.78, 5) is 4.76. The number of fused-ring (bicyclic) bond motifs is 1. The minimum Gasteiger partial charge on any atom is -0.504 e. The number of hydrogen-bond donors (Lipinski definition) is 3. The number of aryl methyl sites for hydroxylation is 1. The second kappa shape index (κ2) is 6.93. The number of benzene rings is 2. The molecule has 0 amide bonds. The van der Waals surface area contributed by atoms with Gasteiger partial charge >= 0.3 is 0 Å². The van der Waals surface area contributed by atoms with E-state index in [1.807, 2.05) is 25.1 Å². The molecule has 142 valence electrons. The number of phenols is 2. The Labute approximate surface area is 163 Å². The van der Waals surface area contributed by atoms with Crippen LogP contribution in [-0.2, 0) is 0 Å². The number of imidazole rings is 1. The third kappa shape index (κ3) is 3.16. The van der Waals surface area contributed by atoms with Crippen LogP contribution in [0.2, 0.25) is 0 Å². The fourth-order valence-electron chi connectivity index (χ4n) is 3.33. The molecule has 0 aliphatic carbocycles. The van der Waals surface area contributed by atoms with Crippen LogP contribution in [0.1, 0.15) is 31.0 Å². The van der Waals surface area contributed by atoms with E-state index in [1.54, 1.807) is 6.07 Å². The van der Waals surface area contributed by atoms with Crippen molar-refractivity contribution < 1.29 is 10.2 Å². The maximum absolute atomic E-state index is 9.95. The van der Waals surface area contributed by atoms with Crippen molar-refractivity contribution in [3.8, 4) is 22.8 Å². The average Bonchev–Trinajstić information content (AvgIpc) is 3.04. The van der Waals surface area contributed by atoms with Crippen molar-refractivity contribution in [2.24, 2.45) is 0 Å². The maximum atomic E-state index is 9.95. The summed E-state index contributed by atoms with van der Waals surface area (Å²) in [6, 6.07) is 19.1. The zero-order valence-electron chi connectivity index (χ0n) is 16.1. The lowest BCUT2D eigenvalue weighted by molar-refractivity contribution is 0.404. The molecule has 4 rings (SSSR count). The molecule has 0 aliphatic heterocycles. The number of pyridine rings is 1. The highest BCUT2D eigenvalue weighted by molar-refractivity contribution is 5.81. The Hall–Kier alpha value is -3.47. The SMILES string of the molecule is Cc1cccc2nc(-c3ccc(O)c(O)c3)c(Nc3ccc(C(C)C)cc3)n12. The zero-order valence-corrected chi connectivity index (χ0v) is 16.1. The number of anilines is 2. The van der Waals surface area contributed by atoms with E-state index in [-0.39, 0.29) is 11.5 Å². The predicted molar refractivity (Wildman–Crippen MR) is 113 cm³/mol. The summed E-state index contributed by atoms with van der Waals surface area (Å²) < 4.78 is 2.05. The average molecular weight is 373 g/mol. The molecule has 0 saturated heterocycles. The molecule has 0 unspecified atom stereocenters. The molecule has 5 heteroatoms. The number of aromatic hydroxyl groups is 2. The normalized spacial score (nSPS) is 11.3. The van der Waals surface area contributed by atoms with E-state index in [2.05, 4.69) is 47.8 Å². The number of hydrogen-bond acceptors (Lipinski definition) is 4. The van der Waals surface area contributed by atoms with Gasteiger partial charge in [-0.05, 0) is 60.9 Å². The number of nitrogens with one attached hydrogen (secondary N) is 1. The highest BCUT2D eigenvalue weighted by Gasteiger charge is 2.17. The molecule has 5 nitrogen and oxygen atoms in total. The van der Waals surface area contributed by atoms with Crippen molar-refractivity contribution in [2.45, 2.75) is 26.7 Å². The van der Waals surface area contributed by atoms with Crippen molar-refractivity contribution >= 4 is 17.2 Å². The third-order valence-electron chi connectivity index (χ3n) is 4.93. The van der Waals surface area contributed by atoms with Crippen LogP contribution in [0.3, 0.4) is 0 Å². The predicted octanol–water partition coefficient (Wildman–Crippen LogP) is 5.59. The number of nitrogens with zero attached hydrogens (tertiary/aromatic N) is 2. The van der Waals surface area contributed by atoms with Gasteiger partial charge in [0.25, 0.3) is 0 Å². The Balaban J connectivity index is 1.86. The van der Waals surface area contributed by atoms with E-state index >= 15 is 0 Å². The van der Waals surface area contributed by atoms with Crippen molar-refractivity contribution in [3.63, 3.8) is 0 Å².